The molecule has 9 heteroatoms. The van der Waals surface area contributed by atoms with Gasteiger partial charge in [0.1, 0.15) is 0 Å². The summed E-state index contributed by atoms with van der Waals surface area (Å²) in [6.07, 6.45) is -1.21. The van der Waals surface area contributed by atoms with Gasteiger partial charge in [-0.3, -0.25) is 10.1 Å². The molecule has 0 radical (unpaired) electrons. The normalized spacial score (nSPS) is 12.0. The smallest absolute Gasteiger partial charge is 0.339 e. The van der Waals surface area contributed by atoms with Crippen LogP contribution in [-0.2, 0) is 9.53 Å². The number of hydrogen-bond donors (Lipinski definition) is 2. The molecular formula is C20H20N4O5. The number of nitrogens with zero attached hydrogens (tertiary/aromatic N) is 2. The van der Waals surface area contributed by atoms with E-state index in [0.717, 1.165) is 5.56 Å². The number of pyridine rings is 1. The van der Waals surface area contributed by atoms with Crippen molar-refractivity contribution in [2.24, 2.45) is 11.7 Å². The summed E-state index contributed by atoms with van der Waals surface area (Å²) >= 11 is 0. The van der Waals surface area contributed by atoms with E-state index in [2.05, 4.69) is 10.1 Å². The number of aryl methyl sites for hydroxylation is 1. The molecule has 2 aromatic heterocycles. The molecule has 3 N–H and O–H groups in total. The summed E-state index contributed by atoms with van der Waals surface area (Å²) in [7, 11) is 0. The number of nitrogens with one attached hydrogen (secondary N) is 1. The molecule has 0 aliphatic rings. The molecule has 0 saturated carbocycles. The maximum Gasteiger partial charge on any atom is 0.339 e. The van der Waals surface area contributed by atoms with Crippen LogP contribution in [0.4, 0.5) is 4.79 Å². The minimum atomic E-state index is -1.21. The van der Waals surface area contributed by atoms with E-state index in [1.54, 1.807) is 26.8 Å². The first-order chi connectivity index (χ1) is 13.8. The third-order valence-electron chi connectivity index (χ3n) is 4.25. The largest absolute Gasteiger partial charge is 0.448 e. The number of fused-ring (bicyclic) bond motifs is 1. The lowest BCUT2D eigenvalue weighted by atomic mass is 10.0. The maximum atomic E-state index is 13.0. The molecule has 3 amide bonds. The van der Waals surface area contributed by atoms with Gasteiger partial charge in [0, 0.05) is 5.56 Å². The van der Waals surface area contributed by atoms with Gasteiger partial charge in [-0.05, 0) is 18.9 Å². The van der Waals surface area contributed by atoms with E-state index in [0.29, 0.717) is 16.8 Å². The SMILES string of the molecule is Cc1noc2nc(-c3ccccc3)cc(C(=O)O[C@H](C(=O)NC(N)=O)C(C)C)c12. The number of ether oxygens (including phenoxy) is 1. The minimum Gasteiger partial charge on any atom is -0.448 e. The first kappa shape index (κ1) is 20.0. The highest BCUT2D eigenvalue weighted by Crippen LogP contribution is 2.28. The fourth-order valence-corrected chi connectivity index (χ4v) is 2.88. The number of hydrogen-bond acceptors (Lipinski definition) is 7. The molecule has 0 aliphatic heterocycles. The molecule has 0 unspecified atom stereocenters. The molecule has 150 valence electrons. The van der Waals surface area contributed by atoms with Crippen molar-refractivity contribution < 1.29 is 23.6 Å². The van der Waals surface area contributed by atoms with Gasteiger partial charge in [0.25, 0.3) is 11.6 Å². The van der Waals surface area contributed by atoms with Crippen LogP contribution in [0.2, 0.25) is 0 Å². The highest BCUT2D eigenvalue weighted by atomic mass is 16.5. The van der Waals surface area contributed by atoms with Crippen molar-refractivity contribution in [1.29, 1.82) is 0 Å². The van der Waals surface area contributed by atoms with Gasteiger partial charge in [0.05, 0.1) is 22.3 Å². The first-order valence-electron chi connectivity index (χ1n) is 8.91. The van der Waals surface area contributed by atoms with E-state index < -0.39 is 29.9 Å². The first-order valence-corrected chi connectivity index (χ1v) is 8.91. The summed E-state index contributed by atoms with van der Waals surface area (Å²) in [5.41, 5.74) is 7.05. The van der Waals surface area contributed by atoms with E-state index in [9.17, 15) is 14.4 Å². The standard InChI is InChI=1S/C20H20N4O5/c1-10(2)16(17(25)23-20(21)27)28-19(26)13-9-14(12-7-5-4-6-8-12)22-18-15(13)11(3)24-29-18/h4-10,16H,1-3H3,(H3,21,23,25,27)/t16-/m0/s1. The van der Waals surface area contributed by atoms with Crippen molar-refractivity contribution >= 4 is 29.0 Å². The van der Waals surface area contributed by atoms with Crippen LogP contribution in [-0.4, -0.2) is 34.2 Å². The summed E-state index contributed by atoms with van der Waals surface area (Å²) in [6, 6.07) is 9.76. The van der Waals surface area contributed by atoms with Gasteiger partial charge < -0.3 is 15.0 Å². The number of carbonyl (C=O) groups excluding carboxylic acids is 3. The van der Waals surface area contributed by atoms with Crippen molar-refractivity contribution in [3.8, 4) is 11.3 Å². The molecule has 0 spiro atoms. The Morgan fingerprint density at radius 3 is 2.48 bits per heavy atom. The van der Waals surface area contributed by atoms with Crippen molar-refractivity contribution in [3.63, 3.8) is 0 Å². The zero-order valence-corrected chi connectivity index (χ0v) is 16.1. The van der Waals surface area contributed by atoms with E-state index in [4.69, 9.17) is 15.0 Å². The summed E-state index contributed by atoms with van der Waals surface area (Å²) in [5, 5.41) is 6.21. The van der Waals surface area contributed by atoms with Gasteiger partial charge in [0.2, 0.25) is 0 Å². The van der Waals surface area contributed by atoms with E-state index >= 15 is 0 Å². The van der Waals surface area contributed by atoms with Crippen LogP contribution < -0.4 is 11.1 Å². The lowest BCUT2D eigenvalue weighted by Gasteiger charge is -2.20. The number of imide groups is 1. The zero-order valence-electron chi connectivity index (χ0n) is 16.1. The molecule has 0 fully saturated rings. The van der Waals surface area contributed by atoms with E-state index in [1.807, 2.05) is 35.6 Å². The molecule has 0 bridgehead atoms. The average molecular weight is 396 g/mol. The predicted molar refractivity (Wildman–Crippen MR) is 104 cm³/mol. The van der Waals surface area contributed by atoms with Crippen LogP contribution in [0.25, 0.3) is 22.4 Å². The lowest BCUT2D eigenvalue weighted by molar-refractivity contribution is -0.130. The highest BCUT2D eigenvalue weighted by molar-refractivity contribution is 6.05. The van der Waals surface area contributed by atoms with Crippen molar-refractivity contribution in [3.05, 3.63) is 47.7 Å². The molecule has 0 saturated heterocycles. The lowest BCUT2D eigenvalue weighted by Crippen LogP contribution is -2.45. The number of aromatic nitrogens is 2. The molecular weight excluding hydrogens is 376 g/mol. The quantitative estimate of drug-likeness (QED) is 0.632. The number of amides is 3. The number of esters is 1. The summed E-state index contributed by atoms with van der Waals surface area (Å²) < 4.78 is 10.7. The van der Waals surface area contributed by atoms with E-state index in [1.165, 1.54) is 0 Å². The molecule has 9 nitrogen and oxygen atoms in total. The Hall–Kier alpha value is -3.75. The molecule has 1 aromatic carbocycles. The Morgan fingerprint density at radius 2 is 1.86 bits per heavy atom. The van der Waals surface area contributed by atoms with Crippen LogP contribution in [0.1, 0.15) is 29.9 Å². The predicted octanol–water partition coefficient (Wildman–Crippen LogP) is 2.57. The molecule has 29 heavy (non-hydrogen) atoms. The van der Waals surface area contributed by atoms with Crippen molar-refractivity contribution in [2.75, 3.05) is 0 Å². The number of urea groups is 1. The Kier molecular flexibility index (Phi) is 5.58. The Morgan fingerprint density at radius 1 is 1.17 bits per heavy atom. The minimum absolute atomic E-state index is 0.158. The summed E-state index contributed by atoms with van der Waals surface area (Å²) in [5.74, 6) is -1.96. The number of nitrogens with two attached hydrogens (primary N) is 1. The third-order valence-corrected chi connectivity index (χ3v) is 4.25. The van der Waals surface area contributed by atoms with Crippen LogP contribution in [0.5, 0.6) is 0 Å². The molecule has 3 aromatic rings. The second-order valence-electron chi connectivity index (χ2n) is 6.79. The zero-order chi connectivity index (χ0) is 21.1. The fourth-order valence-electron chi connectivity index (χ4n) is 2.88. The van der Waals surface area contributed by atoms with Gasteiger partial charge in [-0.2, -0.15) is 0 Å². The van der Waals surface area contributed by atoms with Gasteiger partial charge in [-0.1, -0.05) is 49.3 Å². The molecule has 0 aliphatic carbocycles. The molecule has 1 atom stereocenters. The second kappa shape index (κ2) is 8.09. The Labute approximate surface area is 166 Å². The average Bonchev–Trinajstić information content (AvgIpc) is 3.06. The number of carbonyl (C=O) groups is 3. The molecule has 3 rings (SSSR count). The Balaban J connectivity index is 2.03. The van der Waals surface area contributed by atoms with Gasteiger partial charge in [-0.15, -0.1) is 0 Å². The summed E-state index contributed by atoms with van der Waals surface area (Å²) in [4.78, 5) is 40.6. The number of primary amides is 1. The van der Waals surface area contributed by atoms with Crippen molar-refractivity contribution in [2.45, 2.75) is 26.9 Å². The monoisotopic (exact) mass is 396 g/mol. The van der Waals surface area contributed by atoms with Gasteiger partial charge in [0.15, 0.2) is 6.10 Å². The van der Waals surface area contributed by atoms with Gasteiger partial charge in [-0.25, -0.2) is 14.6 Å². The topological polar surface area (TPSA) is 137 Å². The van der Waals surface area contributed by atoms with Crippen LogP contribution in [0.3, 0.4) is 0 Å². The van der Waals surface area contributed by atoms with Crippen LogP contribution in [0, 0.1) is 12.8 Å². The molecule has 2 heterocycles. The van der Waals surface area contributed by atoms with E-state index in [-0.39, 0.29) is 11.3 Å². The van der Waals surface area contributed by atoms with Gasteiger partial charge >= 0.3 is 12.0 Å². The second-order valence-corrected chi connectivity index (χ2v) is 6.79. The highest BCUT2D eigenvalue weighted by Gasteiger charge is 2.30. The maximum absolute atomic E-state index is 13.0. The van der Waals surface area contributed by atoms with Crippen molar-refractivity contribution in [1.82, 2.24) is 15.5 Å². The van der Waals surface area contributed by atoms with Crippen LogP contribution >= 0.6 is 0 Å². The summed E-state index contributed by atoms with van der Waals surface area (Å²) in [6.45, 7) is 5.04. The number of rotatable bonds is 5. The fraction of sp³-hybridized carbons (Fsp3) is 0.250. The van der Waals surface area contributed by atoms with Crippen LogP contribution in [0.15, 0.2) is 40.9 Å². The Bertz CT molecular complexity index is 1080. The third kappa shape index (κ3) is 4.23. The number of benzene rings is 1.